The molecule has 2 aliphatic rings. The van der Waals surface area contributed by atoms with Gasteiger partial charge in [-0.3, -0.25) is 20.0 Å². The lowest BCUT2D eigenvalue weighted by molar-refractivity contribution is -0.195. The van der Waals surface area contributed by atoms with Crippen LogP contribution in [0.5, 0.6) is 0 Å². The summed E-state index contributed by atoms with van der Waals surface area (Å²) in [6, 6.07) is 1.28. The van der Waals surface area contributed by atoms with Crippen molar-refractivity contribution in [3.8, 4) is 0 Å². The van der Waals surface area contributed by atoms with Crippen molar-refractivity contribution >= 4 is 23.7 Å². The minimum atomic E-state index is -1.22. The third kappa shape index (κ3) is 3.23. The first-order chi connectivity index (χ1) is 12.4. The Balaban J connectivity index is 1.88. The summed E-state index contributed by atoms with van der Waals surface area (Å²) in [5.41, 5.74) is 0.912. The van der Waals surface area contributed by atoms with Crippen LogP contribution in [0.15, 0.2) is 17.1 Å². The number of fused-ring (bicyclic) bond motifs is 1. The highest BCUT2D eigenvalue weighted by Crippen LogP contribution is 2.35. The van der Waals surface area contributed by atoms with Gasteiger partial charge in [0.05, 0.1) is 0 Å². The Morgan fingerprint density at radius 1 is 1.31 bits per heavy atom. The van der Waals surface area contributed by atoms with E-state index in [1.165, 1.54) is 12.3 Å². The van der Waals surface area contributed by atoms with Crippen molar-refractivity contribution in [2.24, 2.45) is 0 Å². The monoisotopic (exact) mass is 369 g/mol. The summed E-state index contributed by atoms with van der Waals surface area (Å²) in [6.07, 6.45) is -2.90. The van der Waals surface area contributed by atoms with E-state index in [1.807, 2.05) is 0 Å². The summed E-state index contributed by atoms with van der Waals surface area (Å²) in [5.74, 6) is -3.01. The van der Waals surface area contributed by atoms with Gasteiger partial charge in [-0.05, 0) is 6.07 Å². The van der Waals surface area contributed by atoms with Crippen molar-refractivity contribution in [3.63, 3.8) is 0 Å². The summed E-state index contributed by atoms with van der Waals surface area (Å²) in [7, 11) is 0. The third-order valence-electron chi connectivity index (χ3n) is 3.85. The summed E-state index contributed by atoms with van der Waals surface area (Å²) in [4.78, 5) is 50.0. The number of carbonyl (C=O) groups excluding carboxylic acids is 3. The Bertz CT molecular complexity index is 792. The first-order valence-corrected chi connectivity index (χ1v) is 7.66. The van der Waals surface area contributed by atoms with Crippen LogP contribution in [0.4, 0.5) is 5.82 Å². The van der Waals surface area contributed by atoms with E-state index in [0.717, 1.165) is 4.57 Å². The number of carbonyl (C=O) groups is 3. The van der Waals surface area contributed by atoms with Crippen LogP contribution in [-0.4, -0.2) is 57.6 Å². The van der Waals surface area contributed by atoms with Crippen molar-refractivity contribution < 1.29 is 38.5 Å². The quantitative estimate of drug-likeness (QED) is 0.276. The maximum absolute atomic E-state index is 12.1. The number of ether oxygens (including phenoxy) is 4. The molecule has 2 aliphatic heterocycles. The molecule has 3 heterocycles. The van der Waals surface area contributed by atoms with E-state index in [0.29, 0.717) is 0 Å². The van der Waals surface area contributed by atoms with Crippen molar-refractivity contribution in [2.75, 3.05) is 12.1 Å². The molecule has 0 amide bonds. The number of nitrogens with zero attached hydrogens (tertiary/aromatic N) is 2. The minimum absolute atomic E-state index is 0.0960. The van der Waals surface area contributed by atoms with Gasteiger partial charge in [0, 0.05) is 12.6 Å². The Labute approximate surface area is 145 Å². The minimum Gasteiger partial charge on any atom is -0.463 e. The van der Waals surface area contributed by atoms with Crippen LogP contribution in [-0.2, 0) is 33.3 Å². The topological polar surface area (TPSA) is 155 Å². The van der Waals surface area contributed by atoms with E-state index in [-0.39, 0.29) is 18.8 Å². The number of rotatable bonds is 5. The first kappa shape index (κ1) is 17.8. The van der Waals surface area contributed by atoms with E-state index in [9.17, 15) is 19.2 Å². The Morgan fingerprint density at radius 2 is 2.00 bits per heavy atom. The summed E-state index contributed by atoms with van der Waals surface area (Å²) >= 11 is 0. The number of anilines is 1. The molecule has 0 bridgehead atoms. The second-order valence-electron chi connectivity index (χ2n) is 5.46. The number of hydrogen-bond acceptors (Lipinski definition) is 11. The molecular weight excluding hydrogens is 354 g/mol. The molecule has 2 fully saturated rings. The number of nitrogens with one attached hydrogen (secondary N) is 1. The smallest absolute Gasteiger partial charge is 0.418 e. The lowest BCUT2D eigenvalue weighted by atomic mass is 10.1. The molecule has 2 saturated heterocycles. The van der Waals surface area contributed by atoms with Gasteiger partial charge in [-0.15, -0.1) is 0 Å². The van der Waals surface area contributed by atoms with Crippen LogP contribution >= 0.6 is 0 Å². The predicted octanol–water partition coefficient (Wildman–Crippen LogP) is -1.27. The average Bonchev–Trinajstić information content (AvgIpc) is 2.97. The van der Waals surface area contributed by atoms with E-state index in [1.54, 1.807) is 12.4 Å². The molecule has 1 aromatic rings. The molecule has 26 heavy (non-hydrogen) atoms. The Kier molecular flexibility index (Phi) is 4.86. The number of aromatic nitrogens is 2. The van der Waals surface area contributed by atoms with E-state index in [4.69, 9.17) is 24.2 Å². The van der Waals surface area contributed by atoms with E-state index in [2.05, 4.69) is 4.98 Å². The maximum atomic E-state index is 12.1. The number of esters is 3. The molecule has 0 aromatic carbocycles. The average molecular weight is 369 g/mol. The van der Waals surface area contributed by atoms with Crippen molar-refractivity contribution in [2.45, 2.75) is 37.9 Å². The lowest BCUT2D eigenvalue weighted by Gasteiger charge is -2.27. The van der Waals surface area contributed by atoms with Crippen LogP contribution in [0.2, 0.25) is 0 Å². The highest BCUT2D eigenvalue weighted by molar-refractivity contribution is 6.30. The van der Waals surface area contributed by atoms with Gasteiger partial charge in [0.2, 0.25) is 0 Å². The standard InChI is InChI=1S/C14H15N3O9/c1-2-8(18)23-5-6-9-10(26-13(20)12(19)25-9)11(24-6)17-4-3-7(16-22)15-14(17)21/h3-4,6,9-11,22H,2,5H2,1H3,(H,15,16,21)/t6-,9?,10?,11-/m1/s1. The van der Waals surface area contributed by atoms with Gasteiger partial charge in [0.25, 0.3) is 0 Å². The molecule has 0 saturated carbocycles. The van der Waals surface area contributed by atoms with Gasteiger partial charge in [-0.25, -0.2) is 14.4 Å². The Hall–Kier alpha value is -2.99. The molecule has 1 aromatic heterocycles. The molecule has 0 radical (unpaired) electrons. The molecule has 0 spiro atoms. The Morgan fingerprint density at radius 3 is 2.62 bits per heavy atom. The van der Waals surface area contributed by atoms with Gasteiger partial charge in [0.15, 0.2) is 24.3 Å². The van der Waals surface area contributed by atoms with Gasteiger partial charge < -0.3 is 18.9 Å². The normalized spacial score (nSPS) is 27.3. The van der Waals surface area contributed by atoms with Crippen LogP contribution in [0.3, 0.4) is 0 Å². The third-order valence-corrected chi connectivity index (χ3v) is 3.85. The van der Waals surface area contributed by atoms with Crippen molar-refractivity contribution in [1.29, 1.82) is 0 Å². The molecule has 140 valence electrons. The lowest BCUT2D eigenvalue weighted by Crippen LogP contribution is -2.48. The highest BCUT2D eigenvalue weighted by Gasteiger charge is 2.55. The van der Waals surface area contributed by atoms with Gasteiger partial charge >= 0.3 is 23.6 Å². The molecule has 12 nitrogen and oxygen atoms in total. The fourth-order valence-electron chi connectivity index (χ4n) is 2.62. The molecule has 3 rings (SSSR count). The highest BCUT2D eigenvalue weighted by atomic mass is 16.7. The summed E-state index contributed by atoms with van der Waals surface area (Å²) in [6.45, 7) is 1.35. The second-order valence-corrected chi connectivity index (χ2v) is 5.46. The van der Waals surface area contributed by atoms with E-state index < -0.39 is 48.1 Å². The van der Waals surface area contributed by atoms with E-state index >= 15 is 0 Å². The molecular formula is C14H15N3O9. The van der Waals surface area contributed by atoms with Crippen molar-refractivity contribution in [3.05, 3.63) is 22.7 Å². The van der Waals surface area contributed by atoms with Crippen LogP contribution < -0.4 is 11.2 Å². The molecule has 4 atom stereocenters. The molecule has 2 N–H and O–H groups in total. The summed E-state index contributed by atoms with van der Waals surface area (Å²) < 4.78 is 21.7. The SMILES string of the molecule is CCC(=O)OC[C@H]1O[C@@H](n2ccc(NO)nc2=O)C2OC(=O)C(=O)OC21. The molecule has 2 unspecified atom stereocenters. The van der Waals surface area contributed by atoms with Crippen molar-refractivity contribution in [1.82, 2.24) is 9.55 Å². The first-order valence-electron chi connectivity index (χ1n) is 7.66. The van der Waals surface area contributed by atoms with Gasteiger partial charge in [-0.2, -0.15) is 4.98 Å². The van der Waals surface area contributed by atoms with Gasteiger partial charge in [-0.1, -0.05) is 6.92 Å². The summed E-state index contributed by atoms with van der Waals surface area (Å²) in [5, 5.41) is 8.79. The van der Waals surface area contributed by atoms with Gasteiger partial charge in [0.1, 0.15) is 12.7 Å². The van der Waals surface area contributed by atoms with Crippen LogP contribution in [0.25, 0.3) is 0 Å². The fraction of sp³-hybridized carbons (Fsp3) is 0.500. The fourth-order valence-corrected chi connectivity index (χ4v) is 2.62. The van der Waals surface area contributed by atoms with Crippen LogP contribution in [0, 0.1) is 0 Å². The molecule has 0 aliphatic carbocycles. The maximum Gasteiger partial charge on any atom is 0.418 e. The second kappa shape index (κ2) is 7.09. The zero-order valence-corrected chi connectivity index (χ0v) is 13.5. The number of hydrogen-bond donors (Lipinski definition) is 2. The zero-order valence-electron chi connectivity index (χ0n) is 13.5. The van der Waals surface area contributed by atoms with Crippen LogP contribution in [0.1, 0.15) is 19.6 Å². The molecule has 12 heteroatoms. The predicted molar refractivity (Wildman–Crippen MR) is 78.8 cm³/mol. The largest absolute Gasteiger partial charge is 0.463 e. The zero-order chi connectivity index (χ0) is 18.8.